The average molecular weight is 504 g/mol. The van der Waals surface area contributed by atoms with Crippen molar-refractivity contribution in [1.29, 1.82) is 0 Å². The summed E-state index contributed by atoms with van der Waals surface area (Å²) in [5, 5.41) is 0. The fourth-order valence-corrected chi connectivity index (χ4v) is 5.67. The Labute approximate surface area is 181 Å². The van der Waals surface area contributed by atoms with E-state index in [1.165, 1.54) is 27.6 Å². The van der Waals surface area contributed by atoms with Crippen molar-refractivity contribution in [3.63, 3.8) is 0 Å². The lowest BCUT2D eigenvalue weighted by molar-refractivity contribution is -0.0540. The summed E-state index contributed by atoms with van der Waals surface area (Å²) in [5.41, 5.74) is 4.88. The van der Waals surface area contributed by atoms with E-state index in [0.717, 1.165) is 0 Å². The minimum atomic E-state index is -4.77. The van der Waals surface area contributed by atoms with Crippen molar-refractivity contribution < 1.29 is 37.2 Å². The second-order valence-corrected chi connectivity index (χ2v) is 12.5. The fourth-order valence-electron chi connectivity index (χ4n) is 2.44. The maximum atomic E-state index is 12.1. The molecule has 5 atom stereocenters. The van der Waals surface area contributed by atoms with E-state index < -0.39 is 46.8 Å². The average Bonchev–Trinajstić information content (AvgIpc) is 2.98. The molecule has 1 fully saturated rings. The molecule has 16 heteroatoms. The third kappa shape index (κ3) is 8.54. The number of aromatic nitrogens is 2. The highest BCUT2D eigenvalue weighted by Gasteiger charge is 2.41. The highest BCUT2D eigenvalue weighted by molar-refractivity contribution is 8.77. The Kier molecular flexibility index (Phi) is 9.32. The summed E-state index contributed by atoms with van der Waals surface area (Å²) < 4.78 is 43.9. The van der Waals surface area contributed by atoms with Gasteiger partial charge in [-0.05, 0) is 10.4 Å². The molecule has 1 aliphatic heterocycles. The molecule has 2 rings (SSSR count). The van der Waals surface area contributed by atoms with Gasteiger partial charge in [-0.1, -0.05) is 42.4 Å². The van der Waals surface area contributed by atoms with Crippen LogP contribution in [0, 0.1) is 0 Å². The van der Waals surface area contributed by atoms with Crippen LogP contribution in [0.5, 0.6) is 0 Å². The van der Waals surface area contributed by atoms with Gasteiger partial charge in [0.1, 0.15) is 24.1 Å². The van der Waals surface area contributed by atoms with Crippen LogP contribution in [0.2, 0.25) is 0 Å². The van der Waals surface area contributed by atoms with E-state index in [1.54, 1.807) is 10.8 Å². The van der Waals surface area contributed by atoms with E-state index in [0.29, 0.717) is 5.94 Å². The number of nitrogens with two attached hydrogens (primary N) is 1. The van der Waals surface area contributed by atoms with Crippen LogP contribution in [0.15, 0.2) is 17.1 Å². The Morgan fingerprint density at radius 1 is 1.50 bits per heavy atom. The van der Waals surface area contributed by atoms with Crippen molar-refractivity contribution in [3.8, 4) is 0 Å². The van der Waals surface area contributed by atoms with Gasteiger partial charge in [0.2, 0.25) is 0 Å². The molecule has 1 aliphatic rings. The molecule has 0 aliphatic carbocycles. The number of phosphoric ester groups is 1. The second kappa shape index (κ2) is 10.9. The normalized spacial score (nSPS) is 24.6. The van der Waals surface area contributed by atoms with E-state index in [4.69, 9.17) is 24.6 Å². The number of rotatable bonds is 10. The first-order chi connectivity index (χ1) is 13.9. The van der Waals surface area contributed by atoms with Crippen molar-refractivity contribution in [1.82, 2.24) is 9.55 Å². The summed E-state index contributed by atoms with van der Waals surface area (Å²) in [5.74, 6) is 0.359. The molecule has 1 aromatic rings. The zero-order chi connectivity index (χ0) is 22.5. The third-order valence-electron chi connectivity index (χ3n) is 3.56. The topological polar surface area (TPSA) is 172 Å². The van der Waals surface area contributed by atoms with Crippen LogP contribution in [-0.4, -0.2) is 48.8 Å². The van der Waals surface area contributed by atoms with Gasteiger partial charge in [-0.3, -0.25) is 14.0 Å². The van der Waals surface area contributed by atoms with Crippen molar-refractivity contribution >= 4 is 43.5 Å². The Hall–Kier alpha value is -0.530. The molecule has 2 unspecified atom stereocenters. The van der Waals surface area contributed by atoms with Crippen LogP contribution in [0.1, 0.15) is 33.4 Å². The fraction of sp³-hybridized carbons (Fsp3) is 0.714. The maximum absolute atomic E-state index is 12.1. The number of anilines is 1. The molecule has 2 heterocycles. The molecule has 0 saturated carbocycles. The molecule has 0 amide bonds. The minimum Gasteiger partial charge on any atom is -0.383 e. The number of hydrogen-bond acceptors (Lipinski definition) is 11. The zero-order valence-electron chi connectivity index (χ0n) is 16.4. The molecule has 0 radical (unpaired) electrons. The maximum Gasteiger partial charge on any atom is 0.705 e. The standard InChI is InChI=1S/C14H23N3O9P2S2/c1-14(2,3)30-29-8-23-9-6-12(17-5-4-11(15)16-13(17)18)25-10(9)7-24-28(21,22)26-27(19)20/h4-5,9-10,12H,6-8H2,1-3H3,(H3-,15,16,18,19,20,21,22)/p+1/t9-,10-,12-/m1/s1. The Morgan fingerprint density at radius 3 is 2.80 bits per heavy atom. The Morgan fingerprint density at radius 2 is 2.20 bits per heavy atom. The molecular weight excluding hydrogens is 480 g/mol. The van der Waals surface area contributed by atoms with Crippen molar-refractivity contribution in [2.24, 2.45) is 0 Å². The number of phosphoric acid groups is 1. The molecule has 30 heavy (non-hydrogen) atoms. The Bertz CT molecular complexity index is 851. The molecule has 0 spiro atoms. The first-order valence-corrected chi connectivity index (χ1v) is 13.6. The van der Waals surface area contributed by atoms with Crippen LogP contribution in [0.3, 0.4) is 0 Å². The molecular formula is C14H24N3O9P2S2+. The van der Waals surface area contributed by atoms with Crippen LogP contribution >= 0.6 is 37.7 Å². The molecule has 12 nitrogen and oxygen atoms in total. The van der Waals surface area contributed by atoms with Gasteiger partial charge in [0, 0.05) is 21.9 Å². The summed E-state index contributed by atoms with van der Waals surface area (Å²) in [7, 11) is -4.99. The number of hydrogen-bond donors (Lipinski definition) is 3. The van der Waals surface area contributed by atoms with E-state index in [2.05, 4.69) is 30.1 Å². The number of ether oxygens (including phenoxy) is 2. The summed E-state index contributed by atoms with van der Waals surface area (Å²) >= 11 is 0. The largest absolute Gasteiger partial charge is 0.705 e. The van der Waals surface area contributed by atoms with Gasteiger partial charge < -0.3 is 15.2 Å². The first-order valence-electron chi connectivity index (χ1n) is 8.62. The van der Waals surface area contributed by atoms with Crippen LogP contribution < -0.4 is 11.4 Å². The zero-order valence-corrected chi connectivity index (χ0v) is 19.9. The third-order valence-corrected chi connectivity index (χ3v) is 8.41. The summed E-state index contributed by atoms with van der Waals surface area (Å²) in [4.78, 5) is 33.9. The summed E-state index contributed by atoms with van der Waals surface area (Å²) in [6.45, 7) is 5.70. The van der Waals surface area contributed by atoms with Crippen LogP contribution in [0.4, 0.5) is 5.82 Å². The predicted molar refractivity (Wildman–Crippen MR) is 113 cm³/mol. The van der Waals surface area contributed by atoms with Gasteiger partial charge in [0.25, 0.3) is 0 Å². The number of nitrogen functional groups attached to an aromatic ring is 1. The highest BCUT2D eigenvalue weighted by Crippen LogP contribution is 2.51. The lowest BCUT2D eigenvalue weighted by atomic mass is 10.2. The molecule has 170 valence electrons. The molecule has 0 aromatic carbocycles. The smallest absolute Gasteiger partial charge is 0.383 e. The van der Waals surface area contributed by atoms with Crippen molar-refractivity contribution in [3.05, 3.63) is 22.7 Å². The second-order valence-electron chi connectivity index (χ2n) is 7.13. The summed E-state index contributed by atoms with van der Waals surface area (Å²) in [6.07, 6.45) is -0.532. The van der Waals surface area contributed by atoms with Crippen molar-refractivity contribution in [2.45, 2.75) is 50.4 Å². The monoisotopic (exact) mass is 504 g/mol. The molecule has 4 N–H and O–H groups in total. The lowest BCUT2D eigenvalue weighted by Crippen LogP contribution is -2.29. The van der Waals surface area contributed by atoms with E-state index in [1.807, 2.05) is 0 Å². The van der Waals surface area contributed by atoms with Gasteiger partial charge in [0.15, 0.2) is 0 Å². The van der Waals surface area contributed by atoms with Gasteiger partial charge in [0.05, 0.1) is 12.7 Å². The van der Waals surface area contributed by atoms with Gasteiger partial charge in [-0.15, -0.1) is 4.89 Å². The molecule has 1 saturated heterocycles. The van der Waals surface area contributed by atoms with Gasteiger partial charge in [-0.2, -0.15) is 4.98 Å². The molecule has 1 aromatic heterocycles. The lowest BCUT2D eigenvalue weighted by Gasteiger charge is -2.20. The molecule has 0 bridgehead atoms. The summed E-state index contributed by atoms with van der Waals surface area (Å²) in [6, 6.07) is 1.44. The first kappa shape index (κ1) is 25.7. The van der Waals surface area contributed by atoms with E-state index >= 15 is 0 Å². The van der Waals surface area contributed by atoms with Gasteiger partial charge in [-0.25, -0.2) is 9.36 Å². The van der Waals surface area contributed by atoms with E-state index in [9.17, 15) is 18.8 Å². The van der Waals surface area contributed by atoms with Gasteiger partial charge >= 0.3 is 21.8 Å². The van der Waals surface area contributed by atoms with Crippen LogP contribution in [0.25, 0.3) is 0 Å². The highest BCUT2D eigenvalue weighted by atomic mass is 33.1. The minimum absolute atomic E-state index is 0.0239. The Balaban J connectivity index is 2.06. The SMILES string of the molecule is CC(C)(C)SSCO[C@@H]1C[C@H](n2ccc(N)nc2=O)O[C@@H]1COP(=O)(O)O[P+](=O)O. The van der Waals surface area contributed by atoms with Crippen LogP contribution in [-0.2, 0) is 27.4 Å². The quantitative estimate of drug-likeness (QED) is 0.184. The van der Waals surface area contributed by atoms with Crippen molar-refractivity contribution in [2.75, 3.05) is 18.3 Å². The predicted octanol–water partition coefficient (Wildman–Crippen LogP) is 2.42. The number of nitrogens with zero attached hydrogens (tertiary/aromatic N) is 2. The van der Waals surface area contributed by atoms with E-state index in [-0.39, 0.29) is 17.0 Å².